The zero-order valence-corrected chi connectivity index (χ0v) is 21.5. The predicted molar refractivity (Wildman–Crippen MR) is 142 cm³/mol. The van der Waals surface area contributed by atoms with E-state index in [0.29, 0.717) is 41.9 Å². The van der Waals surface area contributed by atoms with Crippen molar-refractivity contribution < 1.29 is 38.4 Å². The van der Waals surface area contributed by atoms with Gasteiger partial charge in [0.1, 0.15) is 5.75 Å². The molecule has 1 aliphatic heterocycles. The number of hydrogen-bond acceptors (Lipinski definition) is 8. The molecule has 10 nitrogen and oxygen atoms in total. The highest BCUT2D eigenvalue weighted by Gasteiger charge is 2.14. The van der Waals surface area contributed by atoms with Crippen LogP contribution >= 0.6 is 0 Å². The van der Waals surface area contributed by atoms with E-state index in [-0.39, 0.29) is 35.9 Å². The number of aliphatic carboxylic acids is 1. The molecule has 0 aliphatic carbocycles. The van der Waals surface area contributed by atoms with Crippen molar-refractivity contribution in [2.75, 3.05) is 44.8 Å². The molecule has 1 saturated heterocycles. The number of unbranched alkanes of at least 4 members (excludes halogenated alkanes) is 1. The molecule has 1 amide bonds. The van der Waals surface area contributed by atoms with Crippen molar-refractivity contribution in [3.05, 3.63) is 48.4 Å². The van der Waals surface area contributed by atoms with Crippen molar-refractivity contribution in [1.29, 1.82) is 0 Å². The highest BCUT2D eigenvalue weighted by atomic mass is 19.1. The van der Waals surface area contributed by atoms with Gasteiger partial charge in [-0.1, -0.05) is 0 Å². The summed E-state index contributed by atoms with van der Waals surface area (Å²) in [5, 5.41) is 22.3. The summed E-state index contributed by atoms with van der Waals surface area (Å²) in [5.41, 5.74) is 0.774. The summed E-state index contributed by atoms with van der Waals surface area (Å²) in [5.74, 6) is -1.46. The van der Waals surface area contributed by atoms with E-state index in [0.717, 1.165) is 45.3 Å². The molecule has 1 fully saturated rings. The number of nitrogens with zero attached hydrogens (tertiary/aromatic N) is 2. The van der Waals surface area contributed by atoms with E-state index in [1.807, 2.05) is 0 Å². The minimum atomic E-state index is -0.908. The van der Waals surface area contributed by atoms with Crippen LogP contribution in [-0.2, 0) is 14.3 Å². The quantitative estimate of drug-likeness (QED) is 0.267. The summed E-state index contributed by atoms with van der Waals surface area (Å²) in [6.45, 7) is 4.61. The molecule has 1 aliphatic rings. The van der Waals surface area contributed by atoms with Crippen molar-refractivity contribution in [3.63, 3.8) is 0 Å². The van der Waals surface area contributed by atoms with Crippen LogP contribution < -0.4 is 14.8 Å². The molecular formula is C28H32FN3O7. The van der Waals surface area contributed by atoms with Crippen molar-refractivity contribution >= 4 is 28.5 Å². The molecule has 11 heteroatoms. The van der Waals surface area contributed by atoms with Gasteiger partial charge in [0.25, 0.3) is 0 Å². The Kier molecular flexibility index (Phi) is 9.87. The number of aromatic nitrogens is 1. The van der Waals surface area contributed by atoms with Gasteiger partial charge < -0.3 is 29.7 Å². The number of carbonyl (C=O) groups is 2. The summed E-state index contributed by atoms with van der Waals surface area (Å²) >= 11 is 0. The lowest BCUT2D eigenvalue weighted by Gasteiger charge is -2.26. The molecular weight excluding hydrogens is 509 g/mol. The Morgan fingerprint density at radius 3 is 2.59 bits per heavy atom. The third kappa shape index (κ3) is 8.26. The number of amides is 1. The predicted octanol–water partition coefficient (Wildman–Crippen LogP) is 4.56. The number of hydrogen-bond donors (Lipinski definition) is 3. The summed E-state index contributed by atoms with van der Waals surface area (Å²) in [7, 11) is 0. The van der Waals surface area contributed by atoms with E-state index in [2.05, 4.69) is 15.2 Å². The molecule has 2 heterocycles. The van der Waals surface area contributed by atoms with Gasteiger partial charge in [-0.3, -0.25) is 19.5 Å². The third-order valence-electron chi connectivity index (χ3n) is 6.24. The van der Waals surface area contributed by atoms with Gasteiger partial charge in [0.2, 0.25) is 5.91 Å². The fourth-order valence-corrected chi connectivity index (χ4v) is 4.20. The van der Waals surface area contributed by atoms with Gasteiger partial charge in [0.15, 0.2) is 23.1 Å². The first kappa shape index (κ1) is 28.1. The molecule has 2 aromatic carbocycles. The van der Waals surface area contributed by atoms with Crippen LogP contribution in [0.3, 0.4) is 0 Å². The highest BCUT2D eigenvalue weighted by Crippen LogP contribution is 2.37. The number of fused-ring (bicyclic) bond motifs is 1. The minimum Gasteiger partial charge on any atom is -0.504 e. The van der Waals surface area contributed by atoms with E-state index in [9.17, 15) is 19.1 Å². The maximum Gasteiger partial charge on any atom is 0.303 e. The molecule has 0 saturated carbocycles. The summed E-state index contributed by atoms with van der Waals surface area (Å²) in [4.78, 5) is 29.2. The van der Waals surface area contributed by atoms with Crippen molar-refractivity contribution in [1.82, 2.24) is 9.88 Å². The zero-order valence-electron chi connectivity index (χ0n) is 21.5. The van der Waals surface area contributed by atoms with Gasteiger partial charge >= 0.3 is 5.97 Å². The molecule has 4 rings (SSSR count). The second kappa shape index (κ2) is 13.7. The molecule has 0 bridgehead atoms. The number of rotatable bonds is 13. The minimum absolute atomic E-state index is 0.000892. The van der Waals surface area contributed by atoms with E-state index >= 15 is 0 Å². The van der Waals surface area contributed by atoms with E-state index < -0.39 is 11.8 Å². The number of phenolic OH excluding ortho intramolecular Hbond substituents is 1. The number of morpholine rings is 1. The van der Waals surface area contributed by atoms with E-state index in [4.69, 9.17) is 19.3 Å². The molecule has 1 aromatic heterocycles. The zero-order chi connectivity index (χ0) is 27.6. The first-order valence-electron chi connectivity index (χ1n) is 12.9. The number of carbonyl (C=O) groups excluding carboxylic acids is 1. The van der Waals surface area contributed by atoms with Crippen LogP contribution in [0.15, 0.2) is 42.6 Å². The van der Waals surface area contributed by atoms with E-state index in [1.165, 1.54) is 24.4 Å². The number of phenols is 1. The standard InChI is InChI=1S/C28H32FN3O7/c29-21-16-19(31-27(34)4-1-2-5-28(35)36)6-7-25(21)39-24-8-9-30-22-18-26(23(33)17-20(22)24)38-13-3-10-32-11-14-37-15-12-32/h6-9,16-18,33H,1-5,10-15H2,(H,31,34)(H,35,36). The molecule has 0 unspecified atom stereocenters. The average molecular weight is 542 g/mol. The Balaban J connectivity index is 1.35. The maximum absolute atomic E-state index is 14.8. The normalized spacial score (nSPS) is 13.8. The highest BCUT2D eigenvalue weighted by molar-refractivity contribution is 5.91. The summed E-state index contributed by atoms with van der Waals surface area (Å²) < 4.78 is 31.7. The first-order valence-corrected chi connectivity index (χ1v) is 12.9. The summed E-state index contributed by atoms with van der Waals surface area (Å²) in [6, 6.07) is 8.72. The Morgan fingerprint density at radius 1 is 1.03 bits per heavy atom. The number of anilines is 1. The summed E-state index contributed by atoms with van der Waals surface area (Å²) in [6.07, 6.45) is 3.27. The molecule has 3 N–H and O–H groups in total. The number of nitrogens with one attached hydrogen (secondary N) is 1. The van der Waals surface area contributed by atoms with Gasteiger partial charge in [0.05, 0.1) is 25.3 Å². The molecule has 0 atom stereocenters. The van der Waals surface area contributed by atoms with Crippen LogP contribution in [0.5, 0.6) is 23.0 Å². The third-order valence-corrected chi connectivity index (χ3v) is 6.24. The average Bonchev–Trinajstić information content (AvgIpc) is 2.91. The number of carboxylic acid groups (broad SMARTS) is 1. The lowest BCUT2D eigenvalue weighted by Crippen LogP contribution is -2.37. The molecule has 208 valence electrons. The van der Waals surface area contributed by atoms with Gasteiger partial charge in [-0.25, -0.2) is 4.39 Å². The molecule has 39 heavy (non-hydrogen) atoms. The van der Waals surface area contributed by atoms with Crippen LogP contribution in [0.4, 0.5) is 10.1 Å². The van der Waals surface area contributed by atoms with Crippen LogP contribution in [-0.4, -0.2) is 71.4 Å². The number of aromatic hydroxyl groups is 1. The second-order valence-electron chi connectivity index (χ2n) is 9.20. The molecule has 0 radical (unpaired) electrons. The Morgan fingerprint density at radius 2 is 1.82 bits per heavy atom. The maximum atomic E-state index is 14.8. The van der Waals surface area contributed by atoms with Gasteiger partial charge in [-0.15, -0.1) is 0 Å². The Bertz CT molecular complexity index is 1300. The van der Waals surface area contributed by atoms with Crippen LogP contribution in [0.2, 0.25) is 0 Å². The fraction of sp³-hybridized carbons (Fsp3) is 0.393. The van der Waals surface area contributed by atoms with Crippen molar-refractivity contribution in [2.45, 2.75) is 32.1 Å². The lowest BCUT2D eigenvalue weighted by molar-refractivity contribution is -0.137. The molecule has 0 spiro atoms. The number of ether oxygens (including phenoxy) is 3. The number of pyridine rings is 1. The SMILES string of the molecule is O=C(O)CCCCC(=O)Nc1ccc(Oc2ccnc3cc(OCCCN4CCOCC4)c(O)cc23)c(F)c1. The Hall–Kier alpha value is -3.96. The van der Waals surface area contributed by atoms with Crippen molar-refractivity contribution in [2.24, 2.45) is 0 Å². The smallest absolute Gasteiger partial charge is 0.303 e. The topological polar surface area (TPSA) is 130 Å². The van der Waals surface area contributed by atoms with Gasteiger partial charge in [-0.05, 0) is 43.5 Å². The van der Waals surface area contributed by atoms with Crippen LogP contribution in [0.1, 0.15) is 32.1 Å². The Labute approximate surface area is 225 Å². The number of halogens is 1. The van der Waals surface area contributed by atoms with Crippen molar-refractivity contribution in [3.8, 4) is 23.0 Å². The second-order valence-corrected chi connectivity index (χ2v) is 9.20. The molecule has 3 aromatic rings. The van der Waals surface area contributed by atoms with Crippen LogP contribution in [0.25, 0.3) is 10.9 Å². The first-order chi connectivity index (χ1) is 18.9. The lowest BCUT2D eigenvalue weighted by atomic mass is 10.1. The number of benzene rings is 2. The number of carboxylic acids is 1. The van der Waals surface area contributed by atoms with E-state index in [1.54, 1.807) is 12.1 Å². The van der Waals surface area contributed by atoms with Crippen LogP contribution in [0, 0.1) is 5.82 Å². The monoisotopic (exact) mass is 541 g/mol. The van der Waals surface area contributed by atoms with Gasteiger partial charge in [0, 0.05) is 61.9 Å². The largest absolute Gasteiger partial charge is 0.504 e. The fourth-order valence-electron chi connectivity index (χ4n) is 4.20. The van der Waals surface area contributed by atoms with Gasteiger partial charge in [-0.2, -0.15) is 0 Å².